The van der Waals surface area contributed by atoms with E-state index in [1.165, 1.54) is 39.4 Å². The van der Waals surface area contributed by atoms with E-state index in [0.717, 1.165) is 12.8 Å². The Hall–Kier alpha value is -3.39. The molecule has 1 aromatic heterocycles. The number of nitrogens with zero attached hydrogens (tertiary/aromatic N) is 2. The first-order chi connectivity index (χ1) is 14.8. The van der Waals surface area contributed by atoms with E-state index in [1.54, 1.807) is 5.56 Å². The maximum Gasteiger partial charge on any atom is 0.287 e. The average molecular weight is 388 g/mol. The normalized spacial score (nSPS) is 22.3. The van der Waals surface area contributed by atoms with Crippen molar-refractivity contribution in [2.45, 2.75) is 25.3 Å². The lowest BCUT2D eigenvalue weighted by Crippen LogP contribution is -2.65. The first-order valence-corrected chi connectivity index (χ1v) is 10.9. The van der Waals surface area contributed by atoms with Gasteiger partial charge >= 0.3 is 0 Å². The van der Waals surface area contributed by atoms with Gasteiger partial charge < -0.3 is 0 Å². The van der Waals surface area contributed by atoms with E-state index in [-0.39, 0.29) is 5.54 Å². The number of rotatable bonds is 1. The summed E-state index contributed by atoms with van der Waals surface area (Å²) in [5.74, 6) is 1.74. The molecule has 0 N–H and O–H groups in total. The molecule has 1 aliphatic heterocycles. The van der Waals surface area contributed by atoms with Crippen LogP contribution in [0.3, 0.4) is 0 Å². The number of fused-ring (bicyclic) bond motifs is 1. The highest BCUT2D eigenvalue weighted by Gasteiger charge is 2.60. The van der Waals surface area contributed by atoms with Crippen molar-refractivity contribution in [2.75, 3.05) is 4.90 Å². The molecular weight excluding hydrogens is 364 g/mol. The summed E-state index contributed by atoms with van der Waals surface area (Å²) >= 11 is 0. The maximum atomic E-state index is 2.57. The number of para-hydroxylation sites is 1. The molecule has 7 rings (SSSR count). The number of anilines is 3. The van der Waals surface area contributed by atoms with Gasteiger partial charge in [0.2, 0.25) is 0 Å². The van der Waals surface area contributed by atoms with Gasteiger partial charge in [-0.25, -0.2) is 4.57 Å². The van der Waals surface area contributed by atoms with E-state index in [2.05, 4.69) is 108 Å². The van der Waals surface area contributed by atoms with Crippen LogP contribution in [0, 0.1) is 5.92 Å². The number of hydrogen-bond donors (Lipinski definition) is 0. The van der Waals surface area contributed by atoms with E-state index >= 15 is 0 Å². The highest BCUT2D eigenvalue weighted by molar-refractivity contribution is 5.81. The Bertz CT molecular complexity index is 1320. The number of benzene rings is 3. The van der Waals surface area contributed by atoms with Crippen LogP contribution in [0.4, 0.5) is 17.2 Å². The Labute approximate surface area is 177 Å². The second-order valence-corrected chi connectivity index (χ2v) is 8.91. The second-order valence-electron chi connectivity index (χ2n) is 8.91. The zero-order valence-electron chi connectivity index (χ0n) is 17.0. The van der Waals surface area contributed by atoms with E-state index in [0.29, 0.717) is 5.92 Å². The summed E-state index contributed by atoms with van der Waals surface area (Å²) in [4.78, 5) is 2.45. The summed E-state index contributed by atoms with van der Waals surface area (Å²) < 4.78 is 2.57. The number of pyridine rings is 1. The molecular formula is C28H23N2+. The van der Waals surface area contributed by atoms with Crippen molar-refractivity contribution < 1.29 is 4.57 Å². The minimum Gasteiger partial charge on any atom is -0.219 e. The molecule has 4 aromatic rings. The molecule has 0 amide bonds. The molecule has 144 valence electrons. The molecule has 3 aliphatic rings. The van der Waals surface area contributed by atoms with Gasteiger partial charge in [-0.3, -0.25) is 0 Å². The lowest BCUT2D eigenvalue weighted by atomic mass is 9.68. The Morgan fingerprint density at radius 3 is 2.37 bits per heavy atom. The third-order valence-corrected chi connectivity index (χ3v) is 7.45. The molecule has 2 aliphatic carbocycles. The highest BCUT2D eigenvalue weighted by Crippen LogP contribution is 2.57. The fourth-order valence-electron chi connectivity index (χ4n) is 6.49. The average Bonchev–Trinajstić information content (AvgIpc) is 3.09. The molecule has 0 bridgehead atoms. The third-order valence-electron chi connectivity index (χ3n) is 7.45. The molecule has 3 aromatic carbocycles. The van der Waals surface area contributed by atoms with Gasteiger partial charge in [0.25, 0.3) is 5.82 Å². The van der Waals surface area contributed by atoms with Crippen LogP contribution < -0.4 is 9.47 Å². The van der Waals surface area contributed by atoms with Crippen molar-refractivity contribution >= 4 is 17.2 Å². The highest BCUT2D eigenvalue weighted by atomic mass is 15.3. The van der Waals surface area contributed by atoms with Crippen LogP contribution in [0.25, 0.3) is 0 Å². The molecule has 2 nitrogen and oxygen atoms in total. The molecule has 2 heterocycles. The maximum absolute atomic E-state index is 2.57. The Kier molecular flexibility index (Phi) is 3.07. The smallest absolute Gasteiger partial charge is 0.219 e. The van der Waals surface area contributed by atoms with Crippen molar-refractivity contribution in [1.82, 2.24) is 0 Å². The van der Waals surface area contributed by atoms with Gasteiger partial charge in [-0.2, -0.15) is 4.90 Å². The predicted octanol–water partition coefficient (Wildman–Crippen LogP) is 5.65. The van der Waals surface area contributed by atoms with Crippen LogP contribution in [0.15, 0.2) is 91.1 Å². The Morgan fingerprint density at radius 2 is 1.50 bits per heavy atom. The quantitative estimate of drug-likeness (QED) is 0.383. The summed E-state index contributed by atoms with van der Waals surface area (Å²) in [6, 6.07) is 31.3. The van der Waals surface area contributed by atoms with Crippen LogP contribution in [-0.2, 0) is 18.4 Å². The lowest BCUT2D eigenvalue weighted by Gasteiger charge is -2.45. The fourth-order valence-corrected chi connectivity index (χ4v) is 6.49. The summed E-state index contributed by atoms with van der Waals surface area (Å²) in [6.45, 7) is 2.44. The van der Waals surface area contributed by atoms with E-state index in [4.69, 9.17) is 0 Å². The van der Waals surface area contributed by atoms with E-state index < -0.39 is 0 Å². The molecule has 0 saturated carbocycles. The standard InChI is InChI=1S/C28H23N2/c1-19-17-20-9-7-10-21-18-22-11-8-14-24-27(22)28(19,26(20)21)29-16-6-5-15-25(29)30(24)23-12-3-2-4-13-23/h2-16,19H,17-18H2,1H3/q+1. The first kappa shape index (κ1) is 16.4. The van der Waals surface area contributed by atoms with Crippen molar-refractivity contribution in [3.63, 3.8) is 0 Å². The van der Waals surface area contributed by atoms with Crippen LogP contribution in [0.2, 0.25) is 0 Å². The van der Waals surface area contributed by atoms with Gasteiger partial charge in [-0.05, 0) is 53.8 Å². The molecule has 0 radical (unpaired) electrons. The molecule has 0 fully saturated rings. The molecule has 2 atom stereocenters. The monoisotopic (exact) mass is 387 g/mol. The summed E-state index contributed by atoms with van der Waals surface area (Å²) in [6.07, 6.45) is 4.45. The predicted molar refractivity (Wildman–Crippen MR) is 120 cm³/mol. The van der Waals surface area contributed by atoms with Crippen LogP contribution >= 0.6 is 0 Å². The molecule has 2 heteroatoms. The summed E-state index contributed by atoms with van der Waals surface area (Å²) in [5, 5.41) is 0. The zero-order valence-corrected chi connectivity index (χ0v) is 17.0. The largest absolute Gasteiger partial charge is 0.287 e. The van der Waals surface area contributed by atoms with Crippen molar-refractivity contribution in [1.29, 1.82) is 0 Å². The molecule has 0 saturated heterocycles. The summed E-state index contributed by atoms with van der Waals surface area (Å²) in [7, 11) is 0. The topological polar surface area (TPSA) is 7.12 Å². The Balaban J connectivity index is 1.66. The van der Waals surface area contributed by atoms with E-state index in [9.17, 15) is 0 Å². The van der Waals surface area contributed by atoms with Gasteiger partial charge in [-0.15, -0.1) is 0 Å². The van der Waals surface area contributed by atoms with Gasteiger partial charge in [0.1, 0.15) is 11.4 Å². The van der Waals surface area contributed by atoms with Crippen molar-refractivity contribution in [3.05, 3.63) is 119 Å². The van der Waals surface area contributed by atoms with Crippen LogP contribution in [0.1, 0.15) is 34.7 Å². The fraction of sp³-hybridized carbons (Fsp3) is 0.179. The zero-order chi connectivity index (χ0) is 19.9. The summed E-state index contributed by atoms with van der Waals surface area (Å²) in [5.41, 5.74) is 9.97. The van der Waals surface area contributed by atoms with Crippen LogP contribution in [0.5, 0.6) is 0 Å². The van der Waals surface area contributed by atoms with Gasteiger partial charge in [0, 0.05) is 17.5 Å². The van der Waals surface area contributed by atoms with E-state index in [1.807, 2.05) is 0 Å². The SMILES string of the molecule is CC1Cc2cccc3c2C12c1c(cccc1N(c1ccccc1)c1cccc[n+]12)C3. The van der Waals surface area contributed by atoms with Gasteiger partial charge in [-0.1, -0.05) is 61.5 Å². The minimum atomic E-state index is -0.127. The van der Waals surface area contributed by atoms with Crippen molar-refractivity contribution in [3.8, 4) is 0 Å². The van der Waals surface area contributed by atoms with Gasteiger partial charge in [0.05, 0.1) is 11.8 Å². The van der Waals surface area contributed by atoms with Crippen molar-refractivity contribution in [2.24, 2.45) is 5.92 Å². The number of hydrogen-bond acceptors (Lipinski definition) is 1. The molecule has 1 spiro atoms. The Morgan fingerprint density at radius 1 is 0.767 bits per heavy atom. The van der Waals surface area contributed by atoms with Gasteiger partial charge in [0.15, 0.2) is 5.54 Å². The third kappa shape index (κ3) is 1.79. The molecule has 2 unspecified atom stereocenters. The number of aromatic nitrogens is 1. The minimum absolute atomic E-state index is 0.127. The molecule has 30 heavy (non-hydrogen) atoms. The second kappa shape index (κ2) is 5.60. The van der Waals surface area contributed by atoms with Crippen LogP contribution in [-0.4, -0.2) is 0 Å². The first-order valence-electron chi connectivity index (χ1n) is 10.9. The lowest BCUT2D eigenvalue weighted by molar-refractivity contribution is -0.740.